The minimum atomic E-state index is -0.173. The van der Waals surface area contributed by atoms with Crippen LogP contribution in [0.4, 0.5) is 5.82 Å². The predicted molar refractivity (Wildman–Crippen MR) is 110 cm³/mol. The first-order valence-corrected chi connectivity index (χ1v) is 9.16. The zero-order valence-electron chi connectivity index (χ0n) is 16.1. The molecule has 0 aliphatic heterocycles. The van der Waals surface area contributed by atoms with Crippen molar-refractivity contribution in [1.82, 2.24) is 15.3 Å². The van der Waals surface area contributed by atoms with Crippen LogP contribution in [-0.2, 0) is 6.54 Å². The molecule has 0 fully saturated rings. The van der Waals surface area contributed by atoms with E-state index in [2.05, 4.69) is 20.6 Å². The van der Waals surface area contributed by atoms with Crippen molar-refractivity contribution in [2.75, 3.05) is 12.4 Å². The van der Waals surface area contributed by atoms with E-state index in [4.69, 9.17) is 9.15 Å². The Kier molecular flexibility index (Phi) is 5.11. The normalized spacial score (nSPS) is 10.7. The number of rotatable bonds is 6. The molecule has 4 rings (SSSR count). The maximum atomic E-state index is 12.1. The fourth-order valence-corrected chi connectivity index (χ4v) is 3.07. The fourth-order valence-electron chi connectivity index (χ4n) is 3.07. The number of nitrogens with one attached hydrogen (secondary N) is 2. The van der Waals surface area contributed by atoms with Crippen LogP contribution >= 0.6 is 0 Å². The average molecular weight is 388 g/mol. The largest absolute Gasteiger partial charge is 0.460 e. The summed E-state index contributed by atoms with van der Waals surface area (Å²) in [6.45, 7) is 2.39. The first-order valence-electron chi connectivity index (χ1n) is 9.16. The molecule has 3 aromatic heterocycles. The third-order valence-electron chi connectivity index (χ3n) is 4.46. The molecule has 0 atom stereocenters. The van der Waals surface area contributed by atoms with Crippen molar-refractivity contribution >= 4 is 22.7 Å². The Bertz CT molecular complexity index is 1160. The van der Waals surface area contributed by atoms with Gasteiger partial charge in [0.15, 0.2) is 0 Å². The van der Waals surface area contributed by atoms with Gasteiger partial charge in [0, 0.05) is 49.7 Å². The predicted octanol–water partition coefficient (Wildman–Crippen LogP) is 4.30. The lowest BCUT2D eigenvalue weighted by molar-refractivity contribution is 0.0963. The minimum Gasteiger partial charge on any atom is -0.460 e. The summed E-state index contributed by atoms with van der Waals surface area (Å²) in [5, 5.41) is 6.64. The molecule has 0 saturated heterocycles. The molecule has 2 N–H and O–H groups in total. The van der Waals surface area contributed by atoms with E-state index >= 15 is 0 Å². The van der Waals surface area contributed by atoms with E-state index in [-0.39, 0.29) is 5.91 Å². The lowest BCUT2D eigenvalue weighted by atomic mass is 10.1. The van der Waals surface area contributed by atoms with E-state index in [0.29, 0.717) is 40.8 Å². The molecule has 0 radical (unpaired) electrons. The van der Waals surface area contributed by atoms with Crippen LogP contribution in [0.2, 0.25) is 0 Å². The van der Waals surface area contributed by atoms with Crippen LogP contribution in [-0.4, -0.2) is 22.9 Å². The number of hydrogen-bond acceptors (Lipinski definition) is 6. The summed E-state index contributed by atoms with van der Waals surface area (Å²) in [6.07, 6.45) is 5.23. The summed E-state index contributed by atoms with van der Waals surface area (Å²) in [5.74, 6) is 2.35. The average Bonchev–Trinajstić information content (AvgIpc) is 3.07. The number of carbonyl (C=O) groups excluding carboxylic acids is 1. The van der Waals surface area contributed by atoms with Crippen LogP contribution in [0.15, 0.2) is 65.5 Å². The highest BCUT2D eigenvalue weighted by molar-refractivity contribution is 6.07. The van der Waals surface area contributed by atoms with Gasteiger partial charge in [-0.05, 0) is 36.8 Å². The van der Waals surface area contributed by atoms with Gasteiger partial charge in [0.25, 0.3) is 5.91 Å². The van der Waals surface area contributed by atoms with Gasteiger partial charge in [0.1, 0.15) is 28.7 Å². The SMILES string of the molecule is CNC(=O)c1c(C)oc2cc(Oc3ccnc(NCc4cccnc4)c3)ccc12. The van der Waals surface area contributed by atoms with Crippen LogP contribution in [0.5, 0.6) is 11.5 Å². The Hall–Kier alpha value is -3.87. The molecular formula is C22H20N4O3. The van der Waals surface area contributed by atoms with Crippen molar-refractivity contribution in [3.8, 4) is 11.5 Å². The maximum absolute atomic E-state index is 12.1. The molecule has 1 aromatic carbocycles. The molecule has 1 amide bonds. The Labute approximate surface area is 167 Å². The minimum absolute atomic E-state index is 0.173. The van der Waals surface area contributed by atoms with Crippen molar-refractivity contribution in [1.29, 1.82) is 0 Å². The van der Waals surface area contributed by atoms with Gasteiger partial charge in [0.05, 0.1) is 5.56 Å². The molecule has 4 aromatic rings. The van der Waals surface area contributed by atoms with Crippen LogP contribution < -0.4 is 15.4 Å². The van der Waals surface area contributed by atoms with Gasteiger partial charge in [0.2, 0.25) is 0 Å². The topological polar surface area (TPSA) is 89.3 Å². The third kappa shape index (κ3) is 4.03. The van der Waals surface area contributed by atoms with E-state index in [1.54, 1.807) is 44.7 Å². The molecular weight excluding hydrogens is 368 g/mol. The Morgan fingerprint density at radius 1 is 1.14 bits per heavy atom. The van der Waals surface area contributed by atoms with Gasteiger partial charge in [-0.1, -0.05) is 6.07 Å². The van der Waals surface area contributed by atoms with E-state index in [9.17, 15) is 4.79 Å². The van der Waals surface area contributed by atoms with Crippen LogP contribution in [0.3, 0.4) is 0 Å². The Balaban J connectivity index is 1.52. The van der Waals surface area contributed by atoms with Gasteiger partial charge < -0.3 is 19.8 Å². The lowest BCUT2D eigenvalue weighted by Gasteiger charge is -2.09. The van der Waals surface area contributed by atoms with Crippen molar-refractivity contribution < 1.29 is 13.9 Å². The second-order valence-electron chi connectivity index (χ2n) is 6.46. The third-order valence-corrected chi connectivity index (χ3v) is 4.46. The number of aryl methyl sites for hydroxylation is 1. The summed E-state index contributed by atoms with van der Waals surface area (Å²) in [6, 6.07) is 12.9. The number of benzene rings is 1. The molecule has 7 heteroatoms. The second kappa shape index (κ2) is 8.02. The van der Waals surface area contributed by atoms with Gasteiger partial charge >= 0.3 is 0 Å². The number of anilines is 1. The number of nitrogens with zero attached hydrogens (tertiary/aromatic N) is 2. The van der Waals surface area contributed by atoms with Crippen molar-refractivity contribution in [3.05, 3.63) is 77.9 Å². The number of ether oxygens (including phenoxy) is 1. The molecule has 0 saturated carbocycles. The van der Waals surface area contributed by atoms with Crippen LogP contribution in [0, 0.1) is 6.92 Å². The molecule has 0 unspecified atom stereocenters. The number of fused-ring (bicyclic) bond motifs is 1. The molecule has 3 heterocycles. The summed E-state index contributed by atoms with van der Waals surface area (Å²) < 4.78 is 11.7. The Morgan fingerprint density at radius 3 is 2.79 bits per heavy atom. The van der Waals surface area contributed by atoms with Gasteiger partial charge in [-0.25, -0.2) is 4.98 Å². The molecule has 7 nitrogen and oxygen atoms in total. The lowest BCUT2D eigenvalue weighted by Crippen LogP contribution is -2.18. The standard InChI is InChI=1S/C22H20N4O3/c1-14-21(22(27)23-2)18-6-5-16(10-19(18)28-14)29-17-7-9-25-20(11-17)26-13-15-4-3-8-24-12-15/h3-12H,13H2,1-2H3,(H,23,27)(H,25,26). The number of aromatic nitrogens is 2. The zero-order valence-corrected chi connectivity index (χ0v) is 16.1. The zero-order chi connectivity index (χ0) is 20.2. The fraction of sp³-hybridized carbons (Fsp3) is 0.136. The van der Waals surface area contributed by atoms with E-state index in [1.807, 2.05) is 30.3 Å². The smallest absolute Gasteiger partial charge is 0.255 e. The monoisotopic (exact) mass is 388 g/mol. The molecule has 146 valence electrons. The highest BCUT2D eigenvalue weighted by atomic mass is 16.5. The molecule has 0 bridgehead atoms. The van der Waals surface area contributed by atoms with Gasteiger partial charge in [-0.2, -0.15) is 0 Å². The van der Waals surface area contributed by atoms with Crippen molar-refractivity contribution in [2.24, 2.45) is 0 Å². The number of pyridine rings is 2. The molecule has 0 aliphatic carbocycles. The van der Waals surface area contributed by atoms with E-state index < -0.39 is 0 Å². The number of carbonyl (C=O) groups is 1. The first kappa shape index (κ1) is 18.5. The van der Waals surface area contributed by atoms with Crippen LogP contribution in [0.1, 0.15) is 21.7 Å². The van der Waals surface area contributed by atoms with Gasteiger partial charge in [-0.3, -0.25) is 9.78 Å². The van der Waals surface area contributed by atoms with Crippen molar-refractivity contribution in [3.63, 3.8) is 0 Å². The Morgan fingerprint density at radius 2 is 2.00 bits per heavy atom. The summed E-state index contributed by atoms with van der Waals surface area (Å²) >= 11 is 0. The summed E-state index contributed by atoms with van der Waals surface area (Å²) in [5.41, 5.74) is 2.20. The number of amides is 1. The number of furan rings is 1. The quantitative estimate of drug-likeness (QED) is 0.512. The van der Waals surface area contributed by atoms with E-state index in [1.165, 1.54) is 0 Å². The highest BCUT2D eigenvalue weighted by Gasteiger charge is 2.17. The maximum Gasteiger partial charge on any atom is 0.255 e. The first-order chi connectivity index (χ1) is 14.1. The van der Waals surface area contributed by atoms with E-state index in [0.717, 1.165) is 10.9 Å². The van der Waals surface area contributed by atoms with Crippen molar-refractivity contribution in [2.45, 2.75) is 13.5 Å². The number of hydrogen-bond donors (Lipinski definition) is 2. The second-order valence-corrected chi connectivity index (χ2v) is 6.46. The molecule has 0 spiro atoms. The highest BCUT2D eigenvalue weighted by Crippen LogP contribution is 2.31. The summed E-state index contributed by atoms with van der Waals surface area (Å²) in [4.78, 5) is 20.5. The molecule has 29 heavy (non-hydrogen) atoms. The van der Waals surface area contributed by atoms with Crippen LogP contribution in [0.25, 0.3) is 11.0 Å². The molecule has 0 aliphatic rings. The summed E-state index contributed by atoms with van der Waals surface area (Å²) in [7, 11) is 1.60. The van der Waals surface area contributed by atoms with Gasteiger partial charge in [-0.15, -0.1) is 0 Å².